The Bertz CT molecular complexity index is 83.6. The summed E-state index contributed by atoms with van der Waals surface area (Å²) in [4.78, 5) is 0. The molecule has 0 fully saturated rings. The molecule has 0 aliphatic rings. The summed E-state index contributed by atoms with van der Waals surface area (Å²) in [5.41, 5.74) is 0. The molecule has 0 rings (SSSR count). The number of alkyl halides is 2. The second kappa shape index (κ2) is 7.32. The first-order valence-corrected chi connectivity index (χ1v) is 5.69. The van der Waals surface area contributed by atoms with Crippen molar-refractivity contribution < 1.29 is 4.39 Å². The van der Waals surface area contributed by atoms with E-state index >= 15 is 0 Å². The van der Waals surface area contributed by atoms with Gasteiger partial charge in [-0.05, 0) is 41.4 Å². The van der Waals surface area contributed by atoms with Crippen molar-refractivity contribution in [2.24, 2.45) is 5.92 Å². The highest BCUT2D eigenvalue weighted by atomic mass is 127. The Hall–Kier alpha value is 0.660. The van der Waals surface area contributed by atoms with Crippen molar-refractivity contribution in [3.63, 3.8) is 0 Å². The lowest BCUT2D eigenvalue weighted by Crippen LogP contribution is -1.93. The second-order valence-corrected chi connectivity index (χ2v) is 4.54. The number of halogens is 2. The fourth-order valence-electron chi connectivity index (χ4n) is 0.996. The van der Waals surface area contributed by atoms with Gasteiger partial charge in [-0.3, -0.25) is 0 Å². The van der Waals surface area contributed by atoms with Crippen LogP contribution in [0.4, 0.5) is 4.39 Å². The second-order valence-electron chi connectivity index (χ2n) is 3.19. The molecule has 0 unspecified atom stereocenters. The third-order valence-electron chi connectivity index (χ3n) is 2.07. The Balaban J connectivity index is 3.01. The van der Waals surface area contributed by atoms with Crippen LogP contribution in [0, 0.1) is 5.92 Å². The summed E-state index contributed by atoms with van der Waals surface area (Å²) in [6.07, 6.45) is 5.49. The van der Waals surface area contributed by atoms with E-state index in [0.29, 0.717) is 0 Å². The van der Waals surface area contributed by atoms with Gasteiger partial charge in [0.1, 0.15) is 0 Å². The molecule has 0 aromatic carbocycles. The summed E-state index contributed by atoms with van der Waals surface area (Å²) in [7, 11) is 0. The first-order chi connectivity index (χ1) is 5.16. The van der Waals surface area contributed by atoms with E-state index in [1.54, 1.807) is 0 Å². The van der Waals surface area contributed by atoms with Crippen LogP contribution in [-0.4, -0.2) is 4.18 Å². The SMILES string of the molecule is CC[C@H](C)CCCC[C@@H](F)I. The van der Waals surface area contributed by atoms with Gasteiger partial charge in [0.05, 0.1) is 0 Å². The van der Waals surface area contributed by atoms with Crippen molar-refractivity contribution in [3.05, 3.63) is 0 Å². The third kappa shape index (κ3) is 8.57. The summed E-state index contributed by atoms with van der Waals surface area (Å²) >= 11 is 1.84. The minimum Gasteiger partial charge on any atom is -0.236 e. The molecule has 0 N–H and O–H groups in total. The van der Waals surface area contributed by atoms with E-state index in [1.807, 2.05) is 22.6 Å². The van der Waals surface area contributed by atoms with Crippen LogP contribution in [0.15, 0.2) is 0 Å². The molecule has 0 aromatic heterocycles. The van der Waals surface area contributed by atoms with E-state index in [4.69, 9.17) is 0 Å². The highest BCUT2D eigenvalue weighted by Crippen LogP contribution is 2.16. The fraction of sp³-hybridized carbons (Fsp3) is 1.00. The highest BCUT2D eigenvalue weighted by molar-refractivity contribution is 14.1. The molecule has 2 atom stereocenters. The van der Waals surface area contributed by atoms with Crippen LogP contribution >= 0.6 is 22.6 Å². The molecule has 0 saturated carbocycles. The average Bonchev–Trinajstić information content (AvgIpc) is 1.97. The molecule has 2 heteroatoms. The Morgan fingerprint density at radius 3 is 2.27 bits per heavy atom. The molecular weight excluding hydrogens is 254 g/mol. The van der Waals surface area contributed by atoms with Gasteiger partial charge in [0.15, 0.2) is 4.18 Å². The van der Waals surface area contributed by atoms with Gasteiger partial charge < -0.3 is 0 Å². The minimum atomic E-state index is -0.635. The predicted molar refractivity (Wildman–Crippen MR) is 56.8 cm³/mol. The predicted octanol–water partition coefficient (Wildman–Crippen LogP) is 4.32. The number of hydrogen-bond donors (Lipinski definition) is 0. The van der Waals surface area contributed by atoms with Gasteiger partial charge >= 0.3 is 0 Å². The molecule has 0 heterocycles. The summed E-state index contributed by atoms with van der Waals surface area (Å²) in [5.74, 6) is 0.822. The van der Waals surface area contributed by atoms with E-state index in [2.05, 4.69) is 13.8 Å². The van der Waals surface area contributed by atoms with Crippen LogP contribution in [0.2, 0.25) is 0 Å². The first kappa shape index (κ1) is 11.7. The Labute approximate surface area is 83.1 Å². The molecular formula is C9H18FI. The first-order valence-electron chi connectivity index (χ1n) is 4.45. The lowest BCUT2D eigenvalue weighted by atomic mass is 10.0. The lowest BCUT2D eigenvalue weighted by Gasteiger charge is -2.07. The zero-order valence-electron chi connectivity index (χ0n) is 7.45. The fourth-order valence-corrected chi connectivity index (χ4v) is 1.44. The molecule has 0 aromatic rings. The summed E-state index contributed by atoms with van der Waals surface area (Å²) < 4.78 is 11.7. The van der Waals surface area contributed by atoms with Crippen molar-refractivity contribution in [2.45, 2.75) is 50.1 Å². The molecule has 0 aliphatic heterocycles. The van der Waals surface area contributed by atoms with Crippen LogP contribution in [0.5, 0.6) is 0 Å². The summed E-state index contributed by atoms with van der Waals surface area (Å²) in [6, 6.07) is 0. The smallest absolute Gasteiger partial charge is 0.151 e. The zero-order chi connectivity index (χ0) is 8.69. The summed E-state index contributed by atoms with van der Waals surface area (Å²) in [5, 5.41) is 0. The van der Waals surface area contributed by atoms with Gasteiger partial charge in [-0.15, -0.1) is 0 Å². The monoisotopic (exact) mass is 272 g/mol. The van der Waals surface area contributed by atoms with Crippen molar-refractivity contribution in [3.8, 4) is 0 Å². The normalized spacial score (nSPS) is 16.4. The van der Waals surface area contributed by atoms with E-state index < -0.39 is 4.18 Å². The standard InChI is InChI=1S/C9H18FI/c1-3-8(2)6-4-5-7-9(10)11/h8-9H,3-7H2,1-2H3/t8-,9-/m0/s1. The molecule has 0 aliphatic carbocycles. The maximum absolute atomic E-state index is 12.3. The maximum atomic E-state index is 12.3. The van der Waals surface area contributed by atoms with Gasteiger partial charge in [-0.1, -0.05) is 33.1 Å². The van der Waals surface area contributed by atoms with Crippen molar-refractivity contribution in [1.82, 2.24) is 0 Å². The van der Waals surface area contributed by atoms with Gasteiger partial charge in [0.25, 0.3) is 0 Å². The van der Waals surface area contributed by atoms with Crippen LogP contribution in [0.25, 0.3) is 0 Å². The Morgan fingerprint density at radius 2 is 1.82 bits per heavy atom. The van der Waals surface area contributed by atoms with Crippen LogP contribution in [0.3, 0.4) is 0 Å². The van der Waals surface area contributed by atoms with Gasteiger partial charge in [-0.25, -0.2) is 4.39 Å². The lowest BCUT2D eigenvalue weighted by molar-refractivity contribution is 0.414. The van der Waals surface area contributed by atoms with Gasteiger partial charge in [0.2, 0.25) is 0 Å². The number of rotatable bonds is 6. The molecule has 0 radical (unpaired) electrons. The van der Waals surface area contributed by atoms with Crippen molar-refractivity contribution >= 4 is 22.6 Å². The Kier molecular flexibility index (Phi) is 7.76. The van der Waals surface area contributed by atoms with Crippen LogP contribution in [-0.2, 0) is 0 Å². The van der Waals surface area contributed by atoms with E-state index in [1.165, 1.54) is 19.3 Å². The van der Waals surface area contributed by atoms with Crippen LogP contribution in [0.1, 0.15) is 46.0 Å². The largest absolute Gasteiger partial charge is 0.236 e. The quantitative estimate of drug-likeness (QED) is 0.383. The van der Waals surface area contributed by atoms with E-state index in [-0.39, 0.29) is 0 Å². The minimum absolute atomic E-state index is 0.635. The molecule has 11 heavy (non-hydrogen) atoms. The molecule has 0 amide bonds. The third-order valence-corrected chi connectivity index (χ3v) is 2.69. The maximum Gasteiger partial charge on any atom is 0.151 e. The number of unbranched alkanes of at least 4 members (excludes halogenated alkanes) is 1. The van der Waals surface area contributed by atoms with E-state index in [9.17, 15) is 4.39 Å². The van der Waals surface area contributed by atoms with Gasteiger partial charge in [0, 0.05) is 0 Å². The molecule has 0 saturated heterocycles. The highest BCUT2D eigenvalue weighted by Gasteiger charge is 2.01. The topological polar surface area (TPSA) is 0 Å². The zero-order valence-corrected chi connectivity index (χ0v) is 9.60. The molecule has 0 bridgehead atoms. The van der Waals surface area contributed by atoms with Crippen molar-refractivity contribution in [2.75, 3.05) is 0 Å². The van der Waals surface area contributed by atoms with E-state index in [0.717, 1.165) is 18.8 Å². The molecule has 0 nitrogen and oxygen atoms in total. The average molecular weight is 272 g/mol. The Morgan fingerprint density at radius 1 is 1.27 bits per heavy atom. The molecule has 0 spiro atoms. The summed E-state index contributed by atoms with van der Waals surface area (Å²) in [6.45, 7) is 4.47. The van der Waals surface area contributed by atoms with Crippen molar-refractivity contribution in [1.29, 1.82) is 0 Å². The number of hydrogen-bond acceptors (Lipinski definition) is 0. The molecule has 68 valence electrons. The van der Waals surface area contributed by atoms with Crippen LogP contribution < -0.4 is 0 Å². The van der Waals surface area contributed by atoms with Gasteiger partial charge in [-0.2, -0.15) is 0 Å².